The zero-order valence-corrected chi connectivity index (χ0v) is 12.0. The molecular weight excluding hydrogens is 234 g/mol. The molecule has 0 aromatic carbocycles. The van der Waals surface area contributed by atoms with Gasteiger partial charge in [0.25, 0.3) is 0 Å². The Labute approximate surface area is 115 Å². The first-order valence-electron chi connectivity index (χ1n) is 7.41. The van der Waals surface area contributed by atoms with Crippen molar-refractivity contribution < 1.29 is 0 Å². The van der Waals surface area contributed by atoms with Gasteiger partial charge in [0.2, 0.25) is 0 Å². The zero-order valence-electron chi connectivity index (χ0n) is 12.0. The minimum absolute atomic E-state index is 0.801. The monoisotopic (exact) mass is 257 g/mol. The van der Waals surface area contributed by atoms with E-state index < -0.39 is 0 Å². The van der Waals surface area contributed by atoms with E-state index in [-0.39, 0.29) is 0 Å². The first-order valence-corrected chi connectivity index (χ1v) is 7.41. The second kappa shape index (κ2) is 5.33. The molecule has 0 N–H and O–H groups in total. The van der Waals surface area contributed by atoms with Crippen molar-refractivity contribution in [2.24, 2.45) is 5.92 Å². The third-order valence-corrected chi connectivity index (χ3v) is 4.39. The van der Waals surface area contributed by atoms with Crippen molar-refractivity contribution in [3.05, 3.63) is 35.9 Å². The van der Waals surface area contributed by atoms with Crippen LogP contribution in [0.5, 0.6) is 0 Å². The van der Waals surface area contributed by atoms with E-state index >= 15 is 0 Å². The molecule has 0 aliphatic carbocycles. The SMILES string of the molecule is CCN1CCC(Cc2ncc3cc(C)ccn23)CC1. The number of piperidine rings is 1. The van der Waals surface area contributed by atoms with Gasteiger partial charge in [-0.1, -0.05) is 6.92 Å². The second-order valence-corrected chi connectivity index (χ2v) is 5.76. The Kier molecular flexibility index (Phi) is 3.56. The molecule has 0 radical (unpaired) electrons. The lowest BCUT2D eigenvalue weighted by Gasteiger charge is -2.30. The molecule has 0 unspecified atom stereocenters. The van der Waals surface area contributed by atoms with Crippen LogP contribution in [0.3, 0.4) is 0 Å². The van der Waals surface area contributed by atoms with Gasteiger partial charge >= 0.3 is 0 Å². The first-order chi connectivity index (χ1) is 9.26. The largest absolute Gasteiger partial charge is 0.304 e. The minimum Gasteiger partial charge on any atom is -0.304 e. The smallest absolute Gasteiger partial charge is 0.113 e. The number of likely N-dealkylation sites (tertiary alicyclic amines) is 1. The van der Waals surface area contributed by atoms with E-state index in [1.165, 1.54) is 49.4 Å². The highest BCUT2D eigenvalue weighted by molar-refractivity contribution is 5.48. The van der Waals surface area contributed by atoms with E-state index in [1.807, 2.05) is 6.20 Å². The number of aromatic nitrogens is 2. The Hall–Kier alpha value is -1.35. The number of imidazole rings is 1. The van der Waals surface area contributed by atoms with Crippen molar-refractivity contribution in [2.45, 2.75) is 33.1 Å². The van der Waals surface area contributed by atoms with Gasteiger partial charge in [-0.05, 0) is 63.0 Å². The molecule has 2 aromatic heterocycles. The molecule has 0 spiro atoms. The molecule has 1 aliphatic rings. The number of rotatable bonds is 3. The normalized spacial score (nSPS) is 18.2. The van der Waals surface area contributed by atoms with Crippen LogP contribution in [-0.4, -0.2) is 33.9 Å². The van der Waals surface area contributed by atoms with E-state index in [0.717, 1.165) is 12.3 Å². The molecule has 1 aliphatic heterocycles. The highest BCUT2D eigenvalue weighted by Crippen LogP contribution is 2.21. The first kappa shape index (κ1) is 12.7. The number of fused-ring (bicyclic) bond motifs is 1. The van der Waals surface area contributed by atoms with Gasteiger partial charge in [-0.25, -0.2) is 4.98 Å². The summed E-state index contributed by atoms with van der Waals surface area (Å²) in [5.74, 6) is 2.03. The fourth-order valence-corrected chi connectivity index (χ4v) is 3.08. The van der Waals surface area contributed by atoms with E-state index in [1.54, 1.807) is 0 Å². The van der Waals surface area contributed by atoms with Crippen LogP contribution >= 0.6 is 0 Å². The standard InChI is InChI=1S/C16H23N3/c1-3-18-7-5-14(6-8-18)11-16-17-12-15-10-13(2)4-9-19(15)16/h4,9-10,12,14H,3,5-8,11H2,1-2H3. The maximum absolute atomic E-state index is 4.62. The minimum atomic E-state index is 0.801. The van der Waals surface area contributed by atoms with Crippen LogP contribution in [-0.2, 0) is 6.42 Å². The van der Waals surface area contributed by atoms with Crippen molar-refractivity contribution in [1.82, 2.24) is 14.3 Å². The fourth-order valence-electron chi connectivity index (χ4n) is 3.08. The summed E-state index contributed by atoms with van der Waals surface area (Å²) in [6, 6.07) is 4.37. The molecule has 3 heterocycles. The van der Waals surface area contributed by atoms with Crippen LogP contribution in [0.15, 0.2) is 24.5 Å². The summed E-state index contributed by atoms with van der Waals surface area (Å²) >= 11 is 0. The predicted octanol–water partition coefficient (Wildman–Crippen LogP) is 2.92. The second-order valence-electron chi connectivity index (χ2n) is 5.76. The summed E-state index contributed by atoms with van der Waals surface area (Å²) in [7, 11) is 0. The van der Waals surface area contributed by atoms with Crippen molar-refractivity contribution >= 4 is 5.52 Å². The van der Waals surface area contributed by atoms with Crippen LogP contribution in [0.25, 0.3) is 5.52 Å². The molecule has 19 heavy (non-hydrogen) atoms. The van der Waals surface area contributed by atoms with E-state index in [2.05, 4.69) is 46.5 Å². The van der Waals surface area contributed by atoms with Crippen molar-refractivity contribution in [1.29, 1.82) is 0 Å². The number of hydrogen-bond donors (Lipinski definition) is 0. The Bertz CT molecular complexity index is 550. The molecule has 0 bridgehead atoms. The van der Waals surface area contributed by atoms with Gasteiger partial charge in [-0.3, -0.25) is 0 Å². The quantitative estimate of drug-likeness (QED) is 0.842. The lowest BCUT2D eigenvalue weighted by Crippen LogP contribution is -2.34. The molecular formula is C16H23N3. The van der Waals surface area contributed by atoms with Gasteiger partial charge in [0.05, 0.1) is 11.7 Å². The molecule has 3 rings (SSSR count). The molecule has 102 valence electrons. The van der Waals surface area contributed by atoms with E-state index in [9.17, 15) is 0 Å². The number of aryl methyl sites for hydroxylation is 1. The number of pyridine rings is 1. The van der Waals surface area contributed by atoms with Crippen molar-refractivity contribution in [2.75, 3.05) is 19.6 Å². The van der Waals surface area contributed by atoms with Crippen LogP contribution < -0.4 is 0 Å². The lowest BCUT2D eigenvalue weighted by molar-refractivity contribution is 0.191. The average Bonchev–Trinajstić information content (AvgIpc) is 2.82. The van der Waals surface area contributed by atoms with Crippen LogP contribution in [0.4, 0.5) is 0 Å². The summed E-state index contributed by atoms with van der Waals surface area (Å²) in [5, 5.41) is 0. The zero-order chi connectivity index (χ0) is 13.2. The van der Waals surface area contributed by atoms with Crippen molar-refractivity contribution in [3.8, 4) is 0 Å². The molecule has 0 atom stereocenters. The molecule has 3 heteroatoms. The third kappa shape index (κ3) is 2.66. The maximum atomic E-state index is 4.62. The van der Waals surface area contributed by atoms with Gasteiger partial charge in [0, 0.05) is 12.6 Å². The molecule has 3 nitrogen and oxygen atoms in total. The average molecular weight is 257 g/mol. The third-order valence-electron chi connectivity index (χ3n) is 4.39. The van der Waals surface area contributed by atoms with Gasteiger partial charge in [-0.15, -0.1) is 0 Å². The summed E-state index contributed by atoms with van der Waals surface area (Å²) in [4.78, 5) is 7.16. The Morgan fingerprint density at radius 1 is 1.32 bits per heavy atom. The highest BCUT2D eigenvalue weighted by Gasteiger charge is 2.19. The van der Waals surface area contributed by atoms with Gasteiger partial charge in [0.15, 0.2) is 0 Å². The Morgan fingerprint density at radius 3 is 2.84 bits per heavy atom. The summed E-state index contributed by atoms with van der Waals surface area (Å²) in [5.41, 5.74) is 2.52. The number of hydrogen-bond acceptors (Lipinski definition) is 2. The van der Waals surface area contributed by atoms with Crippen LogP contribution in [0, 0.1) is 12.8 Å². The molecule has 1 fully saturated rings. The highest BCUT2D eigenvalue weighted by atomic mass is 15.1. The molecule has 0 saturated carbocycles. The van der Waals surface area contributed by atoms with Gasteiger partial charge < -0.3 is 9.30 Å². The van der Waals surface area contributed by atoms with Crippen molar-refractivity contribution in [3.63, 3.8) is 0 Å². The fraction of sp³-hybridized carbons (Fsp3) is 0.562. The Morgan fingerprint density at radius 2 is 2.11 bits per heavy atom. The van der Waals surface area contributed by atoms with Gasteiger partial charge in [0.1, 0.15) is 5.82 Å². The molecule has 2 aromatic rings. The molecule has 1 saturated heterocycles. The number of nitrogens with zero attached hydrogens (tertiary/aromatic N) is 3. The van der Waals surface area contributed by atoms with Crippen LogP contribution in [0.2, 0.25) is 0 Å². The molecule has 0 amide bonds. The maximum Gasteiger partial charge on any atom is 0.113 e. The van der Waals surface area contributed by atoms with E-state index in [4.69, 9.17) is 0 Å². The Balaban J connectivity index is 1.72. The van der Waals surface area contributed by atoms with E-state index in [0.29, 0.717) is 0 Å². The summed E-state index contributed by atoms with van der Waals surface area (Å²) in [6.45, 7) is 8.09. The van der Waals surface area contributed by atoms with Crippen LogP contribution in [0.1, 0.15) is 31.2 Å². The predicted molar refractivity (Wildman–Crippen MR) is 78.5 cm³/mol. The topological polar surface area (TPSA) is 20.5 Å². The summed E-state index contributed by atoms with van der Waals surface area (Å²) < 4.78 is 2.25. The summed E-state index contributed by atoms with van der Waals surface area (Å²) in [6.07, 6.45) is 7.91. The lowest BCUT2D eigenvalue weighted by atomic mass is 9.93. The van der Waals surface area contributed by atoms with Gasteiger partial charge in [-0.2, -0.15) is 0 Å².